The molecule has 0 aliphatic rings. The van der Waals surface area contributed by atoms with Gasteiger partial charge in [0.05, 0.1) is 17.3 Å². The predicted octanol–water partition coefficient (Wildman–Crippen LogP) is 9.29. The van der Waals surface area contributed by atoms with Crippen molar-refractivity contribution in [2.75, 3.05) is 17.3 Å². The Balaban J connectivity index is 1.69. The summed E-state index contributed by atoms with van der Waals surface area (Å²) in [6.07, 6.45) is 10.9. The number of halogens is 4. The topological polar surface area (TPSA) is 68.2 Å². The van der Waals surface area contributed by atoms with Gasteiger partial charge in [-0.15, -0.1) is 0 Å². The molecule has 2 atom stereocenters. The fourth-order valence-corrected chi connectivity index (χ4v) is 7.13. The highest BCUT2D eigenvalue weighted by Crippen LogP contribution is 2.36. The molecule has 47 heavy (non-hydrogen) atoms. The van der Waals surface area contributed by atoms with Crippen LogP contribution in [0.25, 0.3) is 11.1 Å². The largest absolute Gasteiger partial charge is 0.347 e. The Morgan fingerprint density at radius 3 is 2.26 bits per heavy atom. The lowest BCUT2D eigenvalue weighted by Crippen LogP contribution is -2.32. The second-order valence-corrected chi connectivity index (χ2v) is 14.5. The number of ketones is 1. The number of alkyl halides is 1. The van der Waals surface area contributed by atoms with Crippen molar-refractivity contribution in [3.63, 3.8) is 0 Å². The predicted molar refractivity (Wildman–Crippen MR) is 191 cm³/mol. The molecule has 1 heterocycles. The zero-order valence-electron chi connectivity index (χ0n) is 26.9. The molecule has 0 radical (unpaired) electrons. The summed E-state index contributed by atoms with van der Waals surface area (Å²) in [6.45, 7) is 1.42. The minimum absolute atomic E-state index is 0.00375. The average molecular weight is 746 g/mol. The van der Waals surface area contributed by atoms with E-state index in [0.717, 1.165) is 42.3 Å². The highest BCUT2D eigenvalue weighted by Gasteiger charge is 2.30. The maximum atomic E-state index is 15.6. The second kappa shape index (κ2) is 17.3. The first-order valence-electron chi connectivity index (χ1n) is 15.7. The molecule has 0 saturated carbocycles. The Morgan fingerprint density at radius 2 is 1.60 bits per heavy atom. The number of rotatable bonds is 16. The number of nitrogens with zero attached hydrogens (tertiary/aromatic N) is 1. The molecule has 4 rings (SSSR count). The summed E-state index contributed by atoms with van der Waals surface area (Å²) in [6, 6.07) is 15.5. The van der Waals surface area contributed by atoms with E-state index >= 15 is 4.39 Å². The lowest BCUT2D eigenvalue weighted by atomic mass is 9.92. The number of carbonyl (C=O) groups is 2. The molecule has 0 saturated heterocycles. The third-order valence-electron chi connectivity index (χ3n) is 8.26. The minimum Gasteiger partial charge on any atom is -0.347 e. The molecule has 5 nitrogen and oxygen atoms in total. The number of benzene rings is 3. The van der Waals surface area contributed by atoms with Crippen LogP contribution in [0.1, 0.15) is 87.7 Å². The van der Waals surface area contributed by atoms with Gasteiger partial charge in [0.25, 0.3) is 5.91 Å². The first-order valence-corrected chi connectivity index (χ1v) is 18.9. The molecule has 0 spiro atoms. The van der Waals surface area contributed by atoms with Crippen LogP contribution in [0.4, 0.5) is 8.78 Å². The van der Waals surface area contributed by atoms with Crippen LogP contribution in [0.15, 0.2) is 66.9 Å². The standard InChI is InChI=1S/C37H40BrClF2N2O3S/c1-24-30(40)18-19-31(41)33(24)34-29(37(45)42-32(23-47(3)46)27-12-10-13-28(39)21-27)22-43(2)35(34)36(44)26-16-14-25(15-17-26)11-8-6-4-5-7-9-20-38/h10,12-19,21-22,32H,4-9,11,20,23H2,1-3H3,(H,42,45). The Bertz CT molecular complexity index is 1740. The SMILES string of the molecule is Cc1c(F)ccc(F)c1-c1c(C(=O)NC(CS(C)=O)c2cccc(Cl)c2)cn(C)c1C(=O)c1ccc(CCCCCCCCBr)cc1. The molecular formula is C37H40BrClF2N2O3S. The normalized spacial score (nSPS) is 12.6. The summed E-state index contributed by atoms with van der Waals surface area (Å²) in [7, 11) is 0.305. The van der Waals surface area contributed by atoms with Crippen LogP contribution in [0.5, 0.6) is 0 Å². The number of hydrogen-bond acceptors (Lipinski definition) is 3. The van der Waals surface area contributed by atoms with Crippen LogP contribution in [0, 0.1) is 18.6 Å². The van der Waals surface area contributed by atoms with Crippen molar-refractivity contribution in [3.8, 4) is 11.1 Å². The van der Waals surface area contributed by atoms with Gasteiger partial charge >= 0.3 is 0 Å². The van der Waals surface area contributed by atoms with Gasteiger partial charge in [0.15, 0.2) is 0 Å². The molecular weight excluding hydrogens is 706 g/mol. The number of carbonyl (C=O) groups excluding carboxylic acids is 2. The zero-order valence-corrected chi connectivity index (χ0v) is 30.0. The monoisotopic (exact) mass is 744 g/mol. The molecule has 1 amide bonds. The zero-order chi connectivity index (χ0) is 34.1. The van der Waals surface area contributed by atoms with E-state index in [1.807, 2.05) is 12.1 Å². The summed E-state index contributed by atoms with van der Waals surface area (Å²) in [4.78, 5) is 28.1. The Hall–Kier alpha value is -3.14. The van der Waals surface area contributed by atoms with E-state index in [0.29, 0.717) is 16.1 Å². The fraction of sp³-hybridized carbons (Fsp3) is 0.351. The molecule has 1 N–H and O–H groups in total. The molecule has 0 bridgehead atoms. The van der Waals surface area contributed by atoms with Crippen molar-refractivity contribution < 1.29 is 22.6 Å². The number of aromatic nitrogens is 1. The maximum absolute atomic E-state index is 15.6. The summed E-state index contributed by atoms with van der Waals surface area (Å²) >= 11 is 9.67. The highest BCUT2D eigenvalue weighted by molar-refractivity contribution is 9.09. The Labute approximate surface area is 291 Å². The number of hydrogen-bond donors (Lipinski definition) is 1. The van der Waals surface area contributed by atoms with Crippen LogP contribution in [0.2, 0.25) is 5.02 Å². The van der Waals surface area contributed by atoms with Gasteiger partial charge in [0.1, 0.15) is 11.6 Å². The van der Waals surface area contributed by atoms with Gasteiger partial charge in [0.2, 0.25) is 5.78 Å². The smallest absolute Gasteiger partial charge is 0.253 e. The van der Waals surface area contributed by atoms with Crippen LogP contribution >= 0.6 is 27.5 Å². The van der Waals surface area contributed by atoms with E-state index in [4.69, 9.17) is 11.6 Å². The van der Waals surface area contributed by atoms with E-state index in [1.165, 1.54) is 49.6 Å². The Morgan fingerprint density at radius 1 is 0.936 bits per heavy atom. The highest BCUT2D eigenvalue weighted by atomic mass is 79.9. The number of aryl methyl sites for hydroxylation is 2. The first kappa shape index (κ1) is 36.7. The van der Waals surface area contributed by atoms with Crippen LogP contribution in [-0.2, 0) is 24.3 Å². The summed E-state index contributed by atoms with van der Waals surface area (Å²) in [5.74, 6) is -2.39. The molecule has 3 aromatic carbocycles. The van der Waals surface area contributed by atoms with Crippen LogP contribution in [-0.4, -0.2) is 37.8 Å². The summed E-state index contributed by atoms with van der Waals surface area (Å²) in [5, 5.41) is 4.39. The Kier molecular flexibility index (Phi) is 13.5. The van der Waals surface area contributed by atoms with E-state index < -0.39 is 40.2 Å². The van der Waals surface area contributed by atoms with Gasteiger partial charge in [-0.05, 0) is 67.1 Å². The van der Waals surface area contributed by atoms with Crippen molar-refractivity contribution in [1.29, 1.82) is 0 Å². The van der Waals surface area contributed by atoms with Crippen LogP contribution in [0.3, 0.4) is 0 Å². The molecule has 2 unspecified atom stereocenters. The molecule has 10 heteroatoms. The third-order valence-corrected chi connectivity index (χ3v) is 9.86. The molecule has 0 aliphatic heterocycles. The molecule has 0 fully saturated rings. The van der Waals surface area contributed by atoms with Gasteiger partial charge in [-0.3, -0.25) is 13.8 Å². The number of unbranched alkanes of at least 4 members (excludes halogenated alkanes) is 5. The van der Waals surface area contributed by atoms with Gasteiger partial charge in [0, 0.05) is 63.1 Å². The van der Waals surface area contributed by atoms with E-state index in [2.05, 4.69) is 21.2 Å². The second-order valence-electron chi connectivity index (χ2n) is 11.8. The lowest BCUT2D eigenvalue weighted by Gasteiger charge is -2.19. The van der Waals surface area contributed by atoms with E-state index in [-0.39, 0.29) is 33.7 Å². The maximum Gasteiger partial charge on any atom is 0.253 e. The van der Waals surface area contributed by atoms with E-state index in [9.17, 15) is 18.2 Å². The lowest BCUT2D eigenvalue weighted by molar-refractivity contribution is 0.0940. The molecule has 0 aliphatic carbocycles. The molecule has 1 aromatic heterocycles. The first-order chi connectivity index (χ1) is 22.5. The van der Waals surface area contributed by atoms with Crippen LogP contribution < -0.4 is 5.32 Å². The van der Waals surface area contributed by atoms with Gasteiger partial charge in [-0.2, -0.15) is 0 Å². The van der Waals surface area contributed by atoms with Crippen molar-refractivity contribution in [1.82, 2.24) is 9.88 Å². The van der Waals surface area contributed by atoms with Gasteiger partial charge < -0.3 is 9.88 Å². The van der Waals surface area contributed by atoms with Gasteiger partial charge in [-0.25, -0.2) is 8.78 Å². The third kappa shape index (κ3) is 9.48. The number of nitrogens with one attached hydrogen (secondary N) is 1. The van der Waals surface area contributed by atoms with Crippen molar-refractivity contribution in [3.05, 3.63) is 117 Å². The molecule has 250 valence electrons. The van der Waals surface area contributed by atoms with Crippen molar-refractivity contribution >= 4 is 50.0 Å². The van der Waals surface area contributed by atoms with Gasteiger partial charge in [-0.1, -0.05) is 89.6 Å². The van der Waals surface area contributed by atoms with E-state index in [1.54, 1.807) is 43.4 Å². The quantitative estimate of drug-likeness (QED) is 0.0707. The summed E-state index contributed by atoms with van der Waals surface area (Å²) < 4.78 is 44.2. The van der Waals surface area contributed by atoms with Crippen molar-refractivity contribution in [2.45, 2.75) is 57.9 Å². The van der Waals surface area contributed by atoms with Crippen molar-refractivity contribution in [2.24, 2.45) is 7.05 Å². The minimum atomic E-state index is -1.29. The summed E-state index contributed by atoms with van der Waals surface area (Å²) in [5.41, 5.74) is 1.97. The number of amides is 1. The molecule has 4 aromatic rings. The fourth-order valence-electron chi connectivity index (χ4n) is 5.79. The average Bonchev–Trinajstić information content (AvgIpc) is 3.38.